The largest absolute Gasteiger partial charge is 0.509 e. The summed E-state index contributed by atoms with van der Waals surface area (Å²) in [6, 6.07) is 0. The van der Waals surface area contributed by atoms with Crippen molar-refractivity contribution in [3.63, 3.8) is 0 Å². The third kappa shape index (κ3) is 21.6. The van der Waals surface area contributed by atoms with Gasteiger partial charge >= 0.3 is 24.2 Å². The van der Waals surface area contributed by atoms with Crippen LogP contribution in [0.15, 0.2) is 12.7 Å². The maximum atomic E-state index is 11.6. The molecule has 10 nitrogen and oxygen atoms in total. The maximum Gasteiger partial charge on any atom is 0.509 e. The van der Waals surface area contributed by atoms with E-state index in [1.807, 2.05) is 0 Å². The number of carbonyl (C=O) groups excluding carboxylic acids is 4. The van der Waals surface area contributed by atoms with Crippen LogP contribution in [0, 0.1) is 11.8 Å². The number of ether oxygens (including phenoxy) is 6. The second-order valence-electron chi connectivity index (χ2n) is 9.95. The Balaban J connectivity index is 0.000000676. The number of hydrogen-bond donors (Lipinski definition) is 1. The SMILES string of the molecule is C=CC1COC(=O)O1.CCCCC(CC)COC(=O)CS.CCCCC(CC)COC(=O)CSCCC1COC(=O)O1. The summed E-state index contributed by atoms with van der Waals surface area (Å²) < 4.78 is 28.9. The average Bonchev–Trinajstić information content (AvgIpc) is 3.63. The molecule has 244 valence electrons. The summed E-state index contributed by atoms with van der Waals surface area (Å²) in [4.78, 5) is 43.3. The molecule has 0 spiro atoms. The molecule has 42 heavy (non-hydrogen) atoms. The van der Waals surface area contributed by atoms with Gasteiger partial charge in [0.15, 0.2) is 6.10 Å². The lowest BCUT2D eigenvalue weighted by Gasteiger charge is -2.14. The molecular formula is C30H52O10S2. The van der Waals surface area contributed by atoms with Gasteiger partial charge in [-0.25, -0.2) is 9.59 Å². The predicted octanol–water partition coefficient (Wildman–Crippen LogP) is 6.79. The van der Waals surface area contributed by atoms with Crippen molar-refractivity contribution in [2.24, 2.45) is 11.8 Å². The van der Waals surface area contributed by atoms with Gasteiger partial charge in [0.2, 0.25) is 0 Å². The van der Waals surface area contributed by atoms with Gasteiger partial charge in [-0.2, -0.15) is 24.4 Å². The molecule has 2 heterocycles. The molecule has 0 aromatic carbocycles. The second-order valence-corrected chi connectivity index (χ2v) is 11.4. The summed E-state index contributed by atoms with van der Waals surface area (Å²) in [6.45, 7) is 13.8. The van der Waals surface area contributed by atoms with Crippen LogP contribution in [0.1, 0.15) is 85.5 Å². The first kappa shape index (κ1) is 39.9. The Morgan fingerprint density at radius 3 is 1.88 bits per heavy atom. The van der Waals surface area contributed by atoms with Crippen LogP contribution < -0.4 is 0 Å². The van der Waals surface area contributed by atoms with Gasteiger partial charge in [0.25, 0.3) is 0 Å². The Bertz CT molecular complexity index is 764. The minimum atomic E-state index is -0.602. The molecule has 0 N–H and O–H groups in total. The molecule has 4 atom stereocenters. The fourth-order valence-corrected chi connectivity index (χ4v) is 4.56. The zero-order valence-electron chi connectivity index (χ0n) is 25.8. The van der Waals surface area contributed by atoms with E-state index in [0.717, 1.165) is 31.4 Å². The van der Waals surface area contributed by atoms with Crippen molar-refractivity contribution in [2.75, 3.05) is 43.7 Å². The molecule has 0 bridgehead atoms. The van der Waals surface area contributed by atoms with Crippen LogP contribution in [-0.4, -0.2) is 80.1 Å². The van der Waals surface area contributed by atoms with Crippen LogP contribution >= 0.6 is 24.4 Å². The summed E-state index contributed by atoms with van der Waals surface area (Å²) in [7, 11) is 0. The number of cyclic esters (lactones) is 4. The summed E-state index contributed by atoms with van der Waals surface area (Å²) >= 11 is 5.35. The highest BCUT2D eigenvalue weighted by atomic mass is 32.2. The fourth-order valence-electron chi connectivity index (χ4n) is 3.64. The van der Waals surface area contributed by atoms with E-state index in [1.165, 1.54) is 43.5 Å². The standard InChI is InChI=1S/C15H26O5S.C10H20O2S.C5H6O3/c1-3-5-6-12(4-2)9-18-14(16)11-21-8-7-13-10-19-15(17)20-13;1-3-5-6-9(4-2)7-12-10(11)8-13;1-2-4-3-7-5(6)8-4/h12-13H,3-11H2,1-2H3;9,13H,3-8H2,1-2H3;2,4H,1,3H2. The molecule has 2 aliphatic heterocycles. The monoisotopic (exact) mass is 636 g/mol. The zero-order valence-corrected chi connectivity index (χ0v) is 27.6. The van der Waals surface area contributed by atoms with Crippen molar-refractivity contribution in [1.82, 2.24) is 0 Å². The molecule has 4 unspecified atom stereocenters. The van der Waals surface area contributed by atoms with Crippen LogP contribution in [0.3, 0.4) is 0 Å². The Labute approximate surface area is 261 Å². The summed E-state index contributed by atoms with van der Waals surface area (Å²) in [5, 5.41) is 0. The first-order valence-corrected chi connectivity index (χ1v) is 16.8. The van der Waals surface area contributed by atoms with Crippen LogP contribution in [0.2, 0.25) is 0 Å². The number of thiol groups is 1. The number of thioether (sulfide) groups is 1. The summed E-state index contributed by atoms with van der Waals surface area (Å²) in [5.74, 6) is 1.94. The van der Waals surface area contributed by atoms with Gasteiger partial charge in [-0.3, -0.25) is 9.59 Å². The van der Waals surface area contributed by atoms with E-state index in [0.29, 0.717) is 50.4 Å². The lowest BCUT2D eigenvalue weighted by molar-refractivity contribution is -0.142. The van der Waals surface area contributed by atoms with Crippen molar-refractivity contribution in [2.45, 2.75) is 97.7 Å². The molecule has 0 aromatic heterocycles. The van der Waals surface area contributed by atoms with Crippen LogP contribution in [0.4, 0.5) is 9.59 Å². The third-order valence-electron chi connectivity index (χ3n) is 6.51. The van der Waals surface area contributed by atoms with Crippen molar-refractivity contribution >= 4 is 48.6 Å². The quantitative estimate of drug-likeness (QED) is 0.0530. The molecule has 12 heteroatoms. The van der Waals surface area contributed by atoms with E-state index in [1.54, 1.807) is 0 Å². The van der Waals surface area contributed by atoms with Gasteiger partial charge in [-0.05, 0) is 42.9 Å². The highest BCUT2D eigenvalue weighted by Crippen LogP contribution is 2.16. The third-order valence-corrected chi connectivity index (χ3v) is 7.73. The van der Waals surface area contributed by atoms with Crippen molar-refractivity contribution < 1.29 is 47.6 Å². The van der Waals surface area contributed by atoms with E-state index in [2.05, 4.69) is 56.4 Å². The number of hydrogen-bond acceptors (Lipinski definition) is 12. The first-order chi connectivity index (χ1) is 20.2. The lowest BCUT2D eigenvalue weighted by Crippen LogP contribution is -2.16. The Morgan fingerprint density at radius 2 is 1.48 bits per heavy atom. The number of carbonyl (C=O) groups is 4. The molecule has 2 saturated heterocycles. The van der Waals surface area contributed by atoms with Gasteiger partial charge < -0.3 is 28.4 Å². The molecule has 2 rings (SSSR count). The zero-order chi connectivity index (χ0) is 31.6. The molecular weight excluding hydrogens is 584 g/mol. The van der Waals surface area contributed by atoms with Crippen LogP contribution in [0.25, 0.3) is 0 Å². The normalized spacial score (nSPS) is 18.4. The minimum Gasteiger partial charge on any atom is -0.465 e. The Kier molecular flexibility index (Phi) is 25.2. The van der Waals surface area contributed by atoms with E-state index >= 15 is 0 Å². The summed E-state index contributed by atoms with van der Waals surface area (Å²) in [6.07, 6.45) is 9.85. The smallest absolute Gasteiger partial charge is 0.465 e. The average molecular weight is 637 g/mol. The minimum absolute atomic E-state index is 0.158. The number of rotatable bonds is 19. The molecule has 2 fully saturated rings. The Hall–Kier alpha value is -2.08. The van der Waals surface area contributed by atoms with Crippen LogP contribution in [0.5, 0.6) is 0 Å². The van der Waals surface area contributed by atoms with E-state index in [-0.39, 0.29) is 29.9 Å². The lowest BCUT2D eigenvalue weighted by atomic mass is 10.0. The molecule has 0 saturated carbocycles. The topological polar surface area (TPSA) is 124 Å². The highest BCUT2D eigenvalue weighted by molar-refractivity contribution is 7.99. The highest BCUT2D eigenvalue weighted by Gasteiger charge is 2.24. The molecule has 0 amide bonds. The molecule has 0 aromatic rings. The van der Waals surface area contributed by atoms with E-state index in [9.17, 15) is 19.2 Å². The predicted molar refractivity (Wildman–Crippen MR) is 167 cm³/mol. The van der Waals surface area contributed by atoms with Gasteiger partial charge in [-0.15, -0.1) is 0 Å². The van der Waals surface area contributed by atoms with Crippen molar-refractivity contribution in [3.05, 3.63) is 12.7 Å². The fraction of sp³-hybridized carbons (Fsp3) is 0.800. The first-order valence-electron chi connectivity index (χ1n) is 15.0. The Morgan fingerprint density at radius 1 is 0.929 bits per heavy atom. The van der Waals surface area contributed by atoms with Gasteiger partial charge in [0.05, 0.1) is 24.7 Å². The van der Waals surface area contributed by atoms with Crippen molar-refractivity contribution in [1.29, 1.82) is 0 Å². The second kappa shape index (κ2) is 26.5. The molecule has 0 aliphatic carbocycles. The molecule has 2 aliphatic rings. The van der Waals surface area contributed by atoms with Gasteiger partial charge in [0, 0.05) is 0 Å². The van der Waals surface area contributed by atoms with Crippen molar-refractivity contribution in [3.8, 4) is 0 Å². The van der Waals surface area contributed by atoms with E-state index in [4.69, 9.17) is 18.9 Å². The van der Waals surface area contributed by atoms with E-state index < -0.39 is 12.3 Å². The summed E-state index contributed by atoms with van der Waals surface area (Å²) in [5.41, 5.74) is 0. The molecule has 0 radical (unpaired) electrons. The van der Waals surface area contributed by atoms with Gasteiger partial charge in [0.1, 0.15) is 19.3 Å². The number of esters is 2. The van der Waals surface area contributed by atoms with Crippen LogP contribution in [-0.2, 0) is 38.0 Å². The maximum absolute atomic E-state index is 11.6. The van der Waals surface area contributed by atoms with Gasteiger partial charge in [-0.1, -0.05) is 72.8 Å². The number of unbranched alkanes of at least 4 members (excludes halogenated alkanes) is 2.